The zero-order valence-corrected chi connectivity index (χ0v) is 11.1. The number of ether oxygens (including phenoxy) is 1. The first kappa shape index (κ1) is 12.9. The number of nitrogens with zero attached hydrogens (tertiary/aromatic N) is 1. The SMILES string of the molecule is COc1ccc(C)cc1N(C)C(=O)C1CC(N)C1. The second-order valence-electron chi connectivity index (χ2n) is 5.00. The van der Waals surface area contributed by atoms with E-state index in [0.717, 1.165) is 29.8 Å². The lowest BCUT2D eigenvalue weighted by Gasteiger charge is -2.34. The third kappa shape index (κ3) is 2.34. The van der Waals surface area contributed by atoms with Crippen LogP contribution in [0.2, 0.25) is 0 Å². The van der Waals surface area contributed by atoms with E-state index in [0.29, 0.717) is 0 Å². The van der Waals surface area contributed by atoms with Crippen molar-refractivity contribution in [3.8, 4) is 5.75 Å². The summed E-state index contributed by atoms with van der Waals surface area (Å²) in [5.41, 5.74) is 7.66. The molecule has 18 heavy (non-hydrogen) atoms. The van der Waals surface area contributed by atoms with Crippen molar-refractivity contribution in [3.05, 3.63) is 23.8 Å². The Morgan fingerprint density at radius 1 is 1.44 bits per heavy atom. The molecule has 1 amide bonds. The van der Waals surface area contributed by atoms with E-state index in [1.54, 1.807) is 19.1 Å². The number of carbonyl (C=O) groups is 1. The predicted molar refractivity (Wildman–Crippen MR) is 71.8 cm³/mol. The molecule has 0 saturated heterocycles. The zero-order valence-electron chi connectivity index (χ0n) is 11.1. The molecule has 0 spiro atoms. The quantitative estimate of drug-likeness (QED) is 0.886. The molecule has 1 aliphatic carbocycles. The van der Waals surface area contributed by atoms with Gasteiger partial charge in [-0.3, -0.25) is 4.79 Å². The summed E-state index contributed by atoms with van der Waals surface area (Å²) in [5.74, 6) is 0.913. The van der Waals surface area contributed by atoms with Gasteiger partial charge in [0.05, 0.1) is 12.8 Å². The van der Waals surface area contributed by atoms with E-state index in [4.69, 9.17) is 10.5 Å². The Bertz CT molecular complexity index is 453. The molecule has 2 rings (SSSR count). The highest BCUT2D eigenvalue weighted by Gasteiger charge is 2.34. The van der Waals surface area contributed by atoms with E-state index >= 15 is 0 Å². The zero-order chi connectivity index (χ0) is 13.3. The molecule has 0 radical (unpaired) electrons. The normalized spacial score (nSPS) is 22.2. The van der Waals surface area contributed by atoms with Crippen LogP contribution in [-0.4, -0.2) is 26.1 Å². The maximum Gasteiger partial charge on any atom is 0.230 e. The molecule has 0 heterocycles. The molecule has 1 aromatic rings. The van der Waals surface area contributed by atoms with Gasteiger partial charge >= 0.3 is 0 Å². The van der Waals surface area contributed by atoms with Crippen molar-refractivity contribution in [2.24, 2.45) is 11.7 Å². The Morgan fingerprint density at radius 2 is 2.11 bits per heavy atom. The molecule has 0 unspecified atom stereocenters. The predicted octanol–water partition coefficient (Wildman–Crippen LogP) is 1.70. The number of aryl methyl sites for hydroxylation is 1. The Balaban J connectivity index is 2.19. The monoisotopic (exact) mass is 248 g/mol. The van der Waals surface area contributed by atoms with Crippen LogP contribution in [-0.2, 0) is 4.79 Å². The number of hydrogen-bond acceptors (Lipinski definition) is 3. The van der Waals surface area contributed by atoms with Gasteiger partial charge in [-0.15, -0.1) is 0 Å². The van der Waals surface area contributed by atoms with Crippen molar-refractivity contribution in [1.82, 2.24) is 0 Å². The first-order chi connectivity index (χ1) is 8.52. The highest BCUT2D eigenvalue weighted by Crippen LogP contribution is 2.33. The van der Waals surface area contributed by atoms with Crippen molar-refractivity contribution in [3.63, 3.8) is 0 Å². The van der Waals surface area contributed by atoms with Crippen molar-refractivity contribution >= 4 is 11.6 Å². The van der Waals surface area contributed by atoms with Crippen molar-refractivity contribution in [2.45, 2.75) is 25.8 Å². The fourth-order valence-corrected chi connectivity index (χ4v) is 2.32. The molecular formula is C14H20N2O2. The molecule has 1 aromatic carbocycles. The molecule has 0 atom stereocenters. The average molecular weight is 248 g/mol. The van der Waals surface area contributed by atoms with Gasteiger partial charge in [-0.25, -0.2) is 0 Å². The molecule has 4 heteroatoms. The standard InChI is InChI=1S/C14H20N2O2/c1-9-4-5-13(18-3)12(6-9)16(2)14(17)10-7-11(15)8-10/h4-6,10-11H,7-8,15H2,1-3H3. The number of rotatable bonds is 3. The highest BCUT2D eigenvalue weighted by atomic mass is 16.5. The molecule has 1 fully saturated rings. The van der Waals surface area contributed by atoms with Gasteiger partial charge in [0.15, 0.2) is 0 Å². The number of carbonyl (C=O) groups excluding carboxylic acids is 1. The summed E-state index contributed by atoms with van der Waals surface area (Å²) in [6.45, 7) is 2.00. The number of anilines is 1. The first-order valence-electron chi connectivity index (χ1n) is 6.20. The third-order valence-electron chi connectivity index (χ3n) is 3.55. The van der Waals surface area contributed by atoms with Gasteiger partial charge in [0, 0.05) is 19.0 Å². The lowest BCUT2D eigenvalue weighted by atomic mass is 9.80. The third-order valence-corrected chi connectivity index (χ3v) is 3.55. The van der Waals surface area contributed by atoms with Crippen LogP contribution in [0.25, 0.3) is 0 Å². The van der Waals surface area contributed by atoms with Crippen LogP contribution in [0.1, 0.15) is 18.4 Å². The number of hydrogen-bond donors (Lipinski definition) is 1. The van der Waals surface area contributed by atoms with Crippen LogP contribution in [0.15, 0.2) is 18.2 Å². The van der Waals surface area contributed by atoms with Crippen molar-refractivity contribution < 1.29 is 9.53 Å². The summed E-state index contributed by atoms with van der Waals surface area (Å²) in [7, 11) is 3.41. The van der Waals surface area contributed by atoms with Crippen molar-refractivity contribution in [1.29, 1.82) is 0 Å². The van der Waals surface area contributed by atoms with Gasteiger partial charge in [0.2, 0.25) is 5.91 Å². The smallest absolute Gasteiger partial charge is 0.230 e. The van der Waals surface area contributed by atoms with E-state index in [-0.39, 0.29) is 17.9 Å². The first-order valence-corrected chi connectivity index (χ1v) is 6.20. The Morgan fingerprint density at radius 3 is 2.67 bits per heavy atom. The Hall–Kier alpha value is -1.55. The highest BCUT2D eigenvalue weighted by molar-refractivity contribution is 5.96. The molecule has 4 nitrogen and oxygen atoms in total. The molecule has 1 saturated carbocycles. The molecular weight excluding hydrogens is 228 g/mol. The minimum atomic E-state index is 0.0650. The lowest BCUT2D eigenvalue weighted by Crippen LogP contribution is -2.45. The largest absolute Gasteiger partial charge is 0.495 e. The maximum absolute atomic E-state index is 12.3. The maximum atomic E-state index is 12.3. The number of methoxy groups -OCH3 is 1. The molecule has 1 aliphatic rings. The fourth-order valence-electron chi connectivity index (χ4n) is 2.32. The van der Waals surface area contributed by atoms with E-state index in [1.807, 2.05) is 25.1 Å². The van der Waals surface area contributed by atoms with Gasteiger partial charge in [-0.2, -0.15) is 0 Å². The molecule has 0 aromatic heterocycles. The fraction of sp³-hybridized carbons (Fsp3) is 0.500. The van der Waals surface area contributed by atoms with Crippen LogP contribution in [0.4, 0.5) is 5.69 Å². The molecule has 2 N–H and O–H groups in total. The minimum absolute atomic E-state index is 0.0650. The second kappa shape index (κ2) is 4.98. The van der Waals surface area contributed by atoms with E-state index in [2.05, 4.69) is 0 Å². The summed E-state index contributed by atoms with van der Waals surface area (Å²) in [5, 5.41) is 0. The summed E-state index contributed by atoms with van der Waals surface area (Å²) in [6.07, 6.45) is 1.58. The molecule has 0 aliphatic heterocycles. The van der Waals surface area contributed by atoms with Gasteiger partial charge in [-0.05, 0) is 37.5 Å². The van der Waals surface area contributed by atoms with Gasteiger partial charge in [0.1, 0.15) is 5.75 Å². The van der Waals surface area contributed by atoms with E-state index in [9.17, 15) is 4.79 Å². The van der Waals surface area contributed by atoms with Crippen LogP contribution < -0.4 is 15.4 Å². The van der Waals surface area contributed by atoms with Crippen LogP contribution in [0.5, 0.6) is 5.75 Å². The number of benzene rings is 1. The number of amides is 1. The van der Waals surface area contributed by atoms with Gasteiger partial charge in [0.25, 0.3) is 0 Å². The number of nitrogens with two attached hydrogens (primary N) is 1. The Labute approximate surface area is 108 Å². The summed E-state index contributed by atoms with van der Waals surface area (Å²) in [6, 6.07) is 6.02. The van der Waals surface area contributed by atoms with Crippen LogP contribution >= 0.6 is 0 Å². The summed E-state index contributed by atoms with van der Waals surface area (Å²) >= 11 is 0. The van der Waals surface area contributed by atoms with Gasteiger partial charge < -0.3 is 15.4 Å². The van der Waals surface area contributed by atoms with Crippen LogP contribution in [0, 0.1) is 12.8 Å². The lowest BCUT2D eigenvalue weighted by molar-refractivity contribution is -0.124. The van der Waals surface area contributed by atoms with E-state index < -0.39 is 0 Å². The molecule has 98 valence electrons. The second-order valence-corrected chi connectivity index (χ2v) is 5.00. The average Bonchev–Trinajstić information content (AvgIpc) is 2.33. The summed E-state index contributed by atoms with van der Waals surface area (Å²) in [4.78, 5) is 13.9. The Kier molecular flexibility index (Phi) is 3.57. The van der Waals surface area contributed by atoms with E-state index in [1.165, 1.54) is 0 Å². The minimum Gasteiger partial charge on any atom is -0.495 e. The van der Waals surface area contributed by atoms with Crippen molar-refractivity contribution in [2.75, 3.05) is 19.1 Å². The summed E-state index contributed by atoms with van der Waals surface area (Å²) < 4.78 is 5.31. The topological polar surface area (TPSA) is 55.6 Å². The van der Waals surface area contributed by atoms with Crippen LogP contribution in [0.3, 0.4) is 0 Å². The van der Waals surface area contributed by atoms with Gasteiger partial charge in [-0.1, -0.05) is 6.07 Å². The molecule has 0 bridgehead atoms.